The first-order valence-corrected chi connectivity index (χ1v) is 3.52. The van der Waals surface area contributed by atoms with Crippen molar-refractivity contribution >= 4 is 0 Å². The average molecular weight is 111 g/mol. The van der Waals surface area contributed by atoms with Crippen LogP contribution in [0.3, 0.4) is 0 Å². The van der Waals surface area contributed by atoms with E-state index in [4.69, 9.17) is 0 Å². The summed E-state index contributed by atoms with van der Waals surface area (Å²) in [6.07, 6.45) is 2.93. The lowest BCUT2D eigenvalue weighted by atomic mass is 10.1. The normalized spacial score (nSPS) is 60.8. The summed E-state index contributed by atoms with van der Waals surface area (Å²) < 4.78 is 0. The Bertz CT molecular complexity index is 109. The van der Waals surface area contributed by atoms with Crippen LogP contribution in [0.15, 0.2) is 0 Å². The lowest BCUT2D eigenvalue weighted by Gasteiger charge is -2.04. The predicted octanol–water partition coefficient (Wildman–Crippen LogP) is 1.10. The fraction of sp³-hybridized carbons (Fsp3) is 1.00. The van der Waals surface area contributed by atoms with Crippen molar-refractivity contribution in [3.63, 3.8) is 0 Å². The van der Waals surface area contributed by atoms with Gasteiger partial charge < -0.3 is 0 Å². The summed E-state index contributed by atoms with van der Waals surface area (Å²) >= 11 is 0. The maximum Gasteiger partial charge on any atom is 0.0277 e. The molecule has 4 unspecified atom stereocenters. The summed E-state index contributed by atoms with van der Waals surface area (Å²) in [6.45, 7) is 2.37. The van der Waals surface area contributed by atoms with Crippen LogP contribution in [0.1, 0.15) is 19.8 Å². The topological polar surface area (TPSA) is 3.01 Å². The van der Waals surface area contributed by atoms with Gasteiger partial charge in [-0.25, -0.2) is 0 Å². The predicted molar refractivity (Wildman–Crippen MR) is 33.7 cm³/mol. The molecular formula is C7H13N. The summed E-state index contributed by atoms with van der Waals surface area (Å²) in [7, 11) is 2.24. The van der Waals surface area contributed by atoms with Crippen molar-refractivity contribution in [3.05, 3.63) is 0 Å². The number of likely N-dealkylation sites (tertiary alicyclic amines) is 1. The van der Waals surface area contributed by atoms with Gasteiger partial charge in [0.15, 0.2) is 0 Å². The highest BCUT2D eigenvalue weighted by atomic mass is 15.3. The fourth-order valence-electron chi connectivity index (χ4n) is 2.19. The monoisotopic (exact) mass is 111 g/mol. The van der Waals surface area contributed by atoms with E-state index >= 15 is 0 Å². The highest BCUT2D eigenvalue weighted by molar-refractivity contribution is 5.07. The number of hydrogen-bond donors (Lipinski definition) is 0. The molecule has 0 aromatic rings. The van der Waals surface area contributed by atoms with Crippen LogP contribution in [0, 0.1) is 5.92 Å². The van der Waals surface area contributed by atoms with Crippen LogP contribution >= 0.6 is 0 Å². The van der Waals surface area contributed by atoms with Gasteiger partial charge >= 0.3 is 0 Å². The minimum atomic E-state index is 0.981. The van der Waals surface area contributed by atoms with Gasteiger partial charge in [0.1, 0.15) is 0 Å². The zero-order valence-electron chi connectivity index (χ0n) is 5.59. The summed E-state index contributed by atoms with van der Waals surface area (Å²) in [5, 5.41) is 0. The molecule has 0 bridgehead atoms. The first-order valence-electron chi connectivity index (χ1n) is 3.52. The molecule has 0 radical (unpaired) electrons. The zero-order valence-corrected chi connectivity index (χ0v) is 5.59. The van der Waals surface area contributed by atoms with Gasteiger partial charge in [-0.3, -0.25) is 4.90 Å². The van der Waals surface area contributed by atoms with Crippen LogP contribution in [0.2, 0.25) is 0 Å². The van der Waals surface area contributed by atoms with Crippen LogP contribution in [0.5, 0.6) is 0 Å². The Labute approximate surface area is 50.7 Å². The maximum atomic E-state index is 2.49. The molecule has 1 heteroatoms. The number of nitrogens with zero attached hydrogens (tertiary/aromatic N) is 1. The van der Waals surface area contributed by atoms with Crippen LogP contribution in [-0.4, -0.2) is 24.0 Å². The Hall–Kier alpha value is -0.0400. The van der Waals surface area contributed by atoms with Crippen LogP contribution in [0.4, 0.5) is 0 Å². The maximum absolute atomic E-state index is 2.49. The van der Waals surface area contributed by atoms with Crippen molar-refractivity contribution in [2.24, 2.45) is 5.92 Å². The van der Waals surface area contributed by atoms with Crippen LogP contribution in [0.25, 0.3) is 0 Å². The van der Waals surface area contributed by atoms with E-state index in [1.165, 1.54) is 12.8 Å². The van der Waals surface area contributed by atoms with Gasteiger partial charge in [0.2, 0.25) is 0 Å². The molecule has 8 heavy (non-hydrogen) atoms. The number of likely N-dealkylation sites (N-methyl/N-ethyl adjacent to an activating group) is 1. The van der Waals surface area contributed by atoms with Gasteiger partial charge in [-0.15, -0.1) is 0 Å². The Balaban J connectivity index is 2.07. The molecule has 2 aliphatic rings. The van der Waals surface area contributed by atoms with Crippen molar-refractivity contribution < 1.29 is 0 Å². The summed E-state index contributed by atoms with van der Waals surface area (Å²) in [5.41, 5.74) is 0. The molecule has 0 spiro atoms. The second-order valence-corrected chi connectivity index (χ2v) is 3.28. The quantitative estimate of drug-likeness (QED) is 0.423. The van der Waals surface area contributed by atoms with Gasteiger partial charge in [0.05, 0.1) is 0 Å². The third kappa shape index (κ3) is 0.408. The van der Waals surface area contributed by atoms with Gasteiger partial charge in [0.25, 0.3) is 0 Å². The molecule has 0 aromatic carbocycles. The van der Waals surface area contributed by atoms with Crippen molar-refractivity contribution in [2.75, 3.05) is 7.05 Å². The Morgan fingerprint density at radius 3 is 2.38 bits per heavy atom. The summed E-state index contributed by atoms with van der Waals surface area (Å²) in [4.78, 5) is 2.49. The van der Waals surface area contributed by atoms with E-state index in [0.717, 1.165) is 18.0 Å². The highest BCUT2D eigenvalue weighted by Gasteiger charge is 2.51. The smallest absolute Gasteiger partial charge is 0.0277 e. The third-order valence-electron chi connectivity index (χ3n) is 2.80. The van der Waals surface area contributed by atoms with Crippen LogP contribution < -0.4 is 0 Å². The van der Waals surface area contributed by atoms with E-state index < -0.39 is 0 Å². The highest BCUT2D eigenvalue weighted by Crippen LogP contribution is 2.44. The zero-order chi connectivity index (χ0) is 5.72. The van der Waals surface area contributed by atoms with Crippen molar-refractivity contribution in [3.8, 4) is 0 Å². The van der Waals surface area contributed by atoms with E-state index in [-0.39, 0.29) is 0 Å². The Morgan fingerprint density at radius 1 is 1.38 bits per heavy atom. The number of piperidine rings is 1. The number of fused-ring (bicyclic) bond motifs is 1. The SMILES string of the molecule is CC1CCC2C1N2C. The van der Waals surface area contributed by atoms with E-state index in [2.05, 4.69) is 18.9 Å². The lowest BCUT2D eigenvalue weighted by Crippen LogP contribution is -2.05. The summed E-state index contributed by atoms with van der Waals surface area (Å²) in [5.74, 6) is 0.991. The molecule has 0 amide bonds. The molecule has 46 valence electrons. The van der Waals surface area contributed by atoms with Crippen molar-refractivity contribution in [2.45, 2.75) is 31.8 Å². The molecule has 2 rings (SSSR count). The van der Waals surface area contributed by atoms with E-state index in [1.807, 2.05) is 0 Å². The lowest BCUT2D eigenvalue weighted by molar-refractivity contribution is 0.421. The molecule has 0 N–H and O–H groups in total. The number of rotatable bonds is 0. The molecule has 1 aliphatic heterocycles. The minimum Gasteiger partial charge on any atom is -0.297 e. The Morgan fingerprint density at radius 2 is 2.12 bits per heavy atom. The van der Waals surface area contributed by atoms with E-state index in [1.54, 1.807) is 0 Å². The molecule has 0 aromatic heterocycles. The van der Waals surface area contributed by atoms with Crippen molar-refractivity contribution in [1.82, 2.24) is 4.90 Å². The largest absolute Gasteiger partial charge is 0.297 e. The van der Waals surface area contributed by atoms with E-state index in [0.29, 0.717) is 0 Å². The third-order valence-corrected chi connectivity index (χ3v) is 2.80. The van der Waals surface area contributed by atoms with Gasteiger partial charge in [-0.2, -0.15) is 0 Å². The van der Waals surface area contributed by atoms with Crippen LogP contribution in [-0.2, 0) is 0 Å². The average Bonchev–Trinajstić information content (AvgIpc) is 2.13. The second-order valence-electron chi connectivity index (χ2n) is 3.28. The molecule has 1 saturated carbocycles. The molecule has 1 nitrogen and oxygen atoms in total. The molecule has 1 saturated heterocycles. The Kier molecular flexibility index (Phi) is 0.762. The van der Waals surface area contributed by atoms with Gasteiger partial charge in [0, 0.05) is 12.1 Å². The van der Waals surface area contributed by atoms with Gasteiger partial charge in [-0.1, -0.05) is 6.92 Å². The van der Waals surface area contributed by atoms with Gasteiger partial charge in [-0.05, 0) is 25.8 Å². The first kappa shape index (κ1) is 4.80. The molecule has 4 atom stereocenters. The van der Waals surface area contributed by atoms with Crippen molar-refractivity contribution in [1.29, 1.82) is 0 Å². The number of hydrogen-bond acceptors (Lipinski definition) is 1. The standard InChI is InChI=1S/C7H13N/c1-5-3-4-6-7(5)8(6)2/h5-7H,3-4H2,1-2H3. The van der Waals surface area contributed by atoms with E-state index in [9.17, 15) is 0 Å². The summed E-state index contributed by atoms with van der Waals surface area (Å²) in [6, 6.07) is 1.97. The minimum absolute atomic E-state index is 0.981. The molecule has 1 heterocycles. The molecule has 2 fully saturated rings. The molecular weight excluding hydrogens is 98.1 g/mol. The fourth-order valence-corrected chi connectivity index (χ4v) is 2.19. The first-order chi connectivity index (χ1) is 3.80. The second kappa shape index (κ2) is 1.27. The molecule has 1 aliphatic carbocycles.